The molecule has 182 valence electrons. The molecule has 7 heteroatoms. The number of hydrogen-bond donors (Lipinski definition) is 1. The van der Waals surface area contributed by atoms with E-state index in [4.69, 9.17) is 9.47 Å². The summed E-state index contributed by atoms with van der Waals surface area (Å²) >= 11 is 0. The fourth-order valence-corrected chi connectivity index (χ4v) is 5.60. The number of rotatable bonds is 7. The molecule has 2 saturated heterocycles. The summed E-state index contributed by atoms with van der Waals surface area (Å²) in [4.78, 5) is 31.9. The highest BCUT2D eigenvalue weighted by molar-refractivity contribution is 6.00. The molecule has 1 spiro atoms. The Labute approximate surface area is 201 Å². The monoisotopic (exact) mass is 466 g/mol. The number of hydrogen-bond acceptors (Lipinski definition) is 5. The van der Waals surface area contributed by atoms with Crippen LogP contribution >= 0.6 is 0 Å². The lowest BCUT2D eigenvalue weighted by atomic mass is 9.85. The van der Waals surface area contributed by atoms with Gasteiger partial charge in [0.1, 0.15) is 11.3 Å². The predicted molar refractivity (Wildman–Crippen MR) is 129 cm³/mol. The Morgan fingerprint density at radius 2 is 1.82 bits per heavy atom. The van der Waals surface area contributed by atoms with Gasteiger partial charge < -0.3 is 24.4 Å². The zero-order valence-electron chi connectivity index (χ0n) is 20.0. The van der Waals surface area contributed by atoms with E-state index in [1.165, 1.54) is 0 Å². The normalized spacial score (nSPS) is 25.0. The van der Waals surface area contributed by atoms with Gasteiger partial charge in [-0.2, -0.15) is 0 Å². The van der Waals surface area contributed by atoms with Crippen LogP contribution in [0.2, 0.25) is 0 Å². The molecule has 2 amide bonds. The summed E-state index contributed by atoms with van der Waals surface area (Å²) in [5, 5.41) is 10.4. The molecule has 34 heavy (non-hydrogen) atoms. The minimum atomic E-state index is -1.00. The van der Waals surface area contributed by atoms with Gasteiger partial charge >= 0.3 is 0 Å². The lowest BCUT2D eigenvalue weighted by Crippen LogP contribution is -2.58. The fraction of sp³-hybridized carbons (Fsp3) is 0.481. The number of aliphatic hydroxyl groups excluding tert-OH is 1. The summed E-state index contributed by atoms with van der Waals surface area (Å²) in [6.07, 6.45) is 2.73. The zero-order chi connectivity index (χ0) is 24.1. The summed E-state index contributed by atoms with van der Waals surface area (Å²) < 4.78 is 10.5. The predicted octanol–water partition coefficient (Wildman–Crippen LogP) is 3.29. The molecular weight excluding hydrogens is 432 g/mol. The molecule has 4 rings (SSSR count). The number of carbonyl (C=O) groups is 2. The molecule has 0 saturated carbocycles. The van der Waals surface area contributed by atoms with Gasteiger partial charge in [-0.15, -0.1) is 0 Å². The maximum Gasteiger partial charge on any atom is 0.255 e. The second-order valence-corrected chi connectivity index (χ2v) is 9.18. The molecule has 2 aliphatic heterocycles. The number of amides is 2. The lowest BCUT2D eigenvalue weighted by Gasteiger charge is -2.41. The minimum absolute atomic E-state index is 0.0409. The van der Waals surface area contributed by atoms with E-state index in [2.05, 4.69) is 0 Å². The number of likely N-dealkylation sites (tertiary alicyclic amines) is 2. The summed E-state index contributed by atoms with van der Waals surface area (Å²) in [6, 6.07) is 16.4. The summed E-state index contributed by atoms with van der Waals surface area (Å²) in [7, 11) is 3.21. The van der Waals surface area contributed by atoms with Gasteiger partial charge in [0, 0.05) is 38.3 Å². The van der Waals surface area contributed by atoms with E-state index < -0.39 is 11.6 Å². The van der Waals surface area contributed by atoms with Crippen LogP contribution in [0.3, 0.4) is 0 Å². The maximum atomic E-state index is 14.2. The fourth-order valence-electron chi connectivity index (χ4n) is 5.60. The highest BCUT2D eigenvalue weighted by Gasteiger charge is 2.59. The maximum absolute atomic E-state index is 14.2. The van der Waals surface area contributed by atoms with Crippen LogP contribution in [-0.2, 0) is 9.53 Å². The van der Waals surface area contributed by atoms with Gasteiger partial charge in [0.05, 0.1) is 19.8 Å². The van der Waals surface area contributed by atoms with E-state index in [1.807, 2.05) is 35.2 Å². The largest absolute Gasteiger partial charge is 0.497 e. The van der Waals surface area contributed by atoms with Crippen molar-refractivity contribution in [3.05, 3.63) is 65.7 Å². The Kier molecular flexibility index (Phi) is 7.54. The molecule has 0 bridgehead atoms. The molecule has 0 aliphatic carbocycles. The topological polar surface area (TPSA) is 79.3 Å². The SMILES string of the molecule is COCCN1CCCC[C@]2(C[C@H](CO)[C@H](c3ccccc3)N2C(=O)c2ccc(OC)cc2)C1=O. The van der Waals surface area contributed by atoms with Crippen LogP contribution in [-0.4, -0.2) is 72.8 Å². The third-order valence-corrected chi connectivity index (χ3v) is 7.24. The van der Waals surface area contributed by atoms with Crippen molar-refractivity contribution in [3.63, 3.8) is 0 Å². The van der Waals surface area contributed by atoms with Gasteiger partial charge in [0.15, 0.2) is 0 Å². The van der Waals surface area contributed by atoms with Gasteiger partial charge in [-0.25, -0.2) is 0 Å². The number of methoxy groups -OCH3 is 2. The highest BCUT2D eigenvalue weighted by Crippen LogP contribution is 2.51. The van der Waals surface area contributed by atoms with Gasteiger partial charge in [-0.05, 0) is 55.5 Å². The highest BCUT2D eigenvalue weighted by atomic mass is 16.5. The van der Waals surface area contributed by atoms with Gasteiger partial charge in [-0.3, -0.25) is 9.59 Å². The van der Waals surface area contributed by atoms with Gasteiger partial charge in [-0.1, -0.05) is 30.3 Å². The first-order valence-corrected chi connectivity index (χ1v) is 12.0. The van der Waals surface area contributed by atoms with Crippen LogP contribution in [0.5, 0.6) is 5.75 Å². The van der Waals surface area contributed by atoms with E-state index in [9.17, 15) is 14.7 Å². The van der Waals surface area contributed by atoms with Crippen molar-refractivity contribution in [1.82, 2.24) is 9.80 Å². The smallest absolute Gasteiger partial charge is 0.255 e. The van der Waals surface area contributed by atoms with Crippen LogP contribution in [0, 0.1) is 5.92 Å². The quantitative estimate of drug-likeness (QED) is 0.678. The first-order chi connectivity index (χ1) is 16.6. The summed E-state index contributed by atoms with van der Waals surface area (Å²) in [5.41, 5.74) is 0.427. The van der Waals surface area contributed by atoms with Crippen molar-refractivity contribution in [2.45, 2.75) is 37.3 Å². The summed E-state index contributed by atoms with van der Waals surface area (Å²) in [5.74, 6) is 0.183. The Morgan fingerprint density at radius 3 is 2.47 bits per heavy atom. The molecule has 2 aromatic rings. The van der Waals surface area contributed by atoms with Crippen LogP contribution in [0.25, 0.3) is 0 Å². The third-order valence-electron chi connectivity index (χ3n) is 7.24. The van der Waals surface area contributed by atoms with Crippen molar-refractivity contribution < 1.29 is 24.2 Å². The van der Waals surface area contributed by atoms with Crippen LogP contribution in [0.15, 0.2) is 54.6 Å². The standard InChI is InChI=1S/C27H34N2O5/c1-33-17-16-28-15-7-6-14-27(26(28)32)18-22(19-30)24(20-8-4-3-5-9-20)29(27)25(31)21-10-12-23(34-2)13-11-21/h3-5,8-13,22,24,30H,6-7,14-19H2,1-2H3/t22-,24+,27+/m1/s1. The van der Waals surface area contributed by atoms with Crippen molar-refractivity contribution >= 4 is 11.8 Å². The third kappa shape index (κ3) is 4.42. The average molecular weight is 467 g/mol. The number of nitrogens with zero attached hydrogens (tertiary/aromatic N) is 2. The van der Waals surface area contributed by atoms with Crippen molar-refractivity contribution in [2.24, 2.45) is 5.92 Å². The van der Waals surface area contributed by atoms with Crippen LogP contribution in [0.4, 0.5) is 0 Å². The Morgan fingerprint density at radius 1 is 1.09 bits per heavy atom. The molecule has 0 aromatic heterocycles. The Hall–Kier alpha value is -2.90. The molecule has 0 radical (unpaired) electrons. The second-order valence-electron chi connectivity index (χ2n) is 9.18. The van der Waals surface area contributed by atoms with E-state index in [1.54, 1.807) is 43.4 Å². The van der Waals surface area contributed by atoms with Gasteiger partial charge in [0.2, 0.25) is 5.91 Å². The average Bonchev–Trinajstić information content (AvgIpc) is 3.14. The molecule has 2 fully saturated rings. The summed E-state index contributed by atoms with van der Waals surface area (Å²) in [6.45, 7) is 1.48. The molecule has 2 aliphatic rings. The van der Waals surface area contributed by atoms with Crippen molar-refractivity contribution in [1.29, 1.82) is 0 Å². The zero-order valence-corrected chi connectivity index (χ0v) is 20.0. The molecule has 3 atom stereocenters. The Bertz CT molecular complexity index is 980. The van der Waals surface area contributed by atoms with Crippen LogP contribution < -0.4 is 4.74 Å². The van der Waals surface area contributed by atoms with E-state index in [0.717, 1.165) is 18.4 Å². The van der Waals surface area contributed by atoms with Crippen molar-refractivity contribution in [2.75, 3.05) is 40.5 Å². The molecule has 2 heterocycles. The number of benzene rings is 2. The van der Waals surface area contributed by atoms with Crippen molar-refractivity contribution in [3.8, 4) is 5.75 Å². The Balaban J connectivity index is 1.83. The second kappa shape index (κ2) is 10.6. The van der Waals surface area contributed by atoms with E-state index >= 15 is 0 Å². The number of carbonyl (C=O) groups excluding carboxylic acids is 2. The minimum Gasteiger partial charge on any atom is -0.497 e. The molecular formula is C27H34N2O5. The molecule has 7 nitrogen and oxygen atoms in total. The lowest BCUT2D eigenvalue weighted by molar-refractivity contribution is -0.142. The van der Waals surface area contributed by atoms with E-state index in [0.29, 0.717) is 43.9 Å². The molecule has 2 aromatic carbocycles. The molecule has 0 unspecified atom stereocenters. The number of ether oxygens (including phenoxy) is 2. The first kappa shape index (κ1) is 24.2. The first-order valence-electron chi connectivity index (χ1n) is 12.0. The molecule has 1 N–H and O–H groups in total. The van der Waals surface area contributed by atoms with Gasteiger partial charge in [0.25, 0.3) is 5.91 Å². The van der Waals surface area contributed by atoms with Crippen LogP contribution in [0.1, 0.15) is 47.6 Å². The number of aliphatic hydroxyl groups is 1. The van der Waals surface area contributed by atoms with E-state index in [-0.39, 0.29) is 24.3 Å².